The third kappa shape index (κ3) is 3.96. The van der Waals surface area contributed by atoms with Gasteiger partial charge in [0.05, 0.1) is 5.69 Å². The molecule has 1 aliphatic heterocycles. The highest BCUT2D eigenvalue weighted by atomic mass is 32.2. The molecular weight excluding hydrogens is 286 g/mol. The molecule has 6 heteroatoms. The highest BCUT2D eigenvalue weighted by Crippen LogP contribution is 2.25. The minimum absolute atomic E-state index is 0.367. The number of nitrogens with zero attached hydrogens (tertiary/aromatic N) is 1. The van der Waals surface area contributed by atoms with E-state index in [-0.39, 0.29) is 0 Å². The Morgan fingerprint density at radius 2 is 2.10 bits per heavy atom. The van der Waals surface area contributed by atoms with Gasteiger partial charge in [-0.05, 0) is 38.4 Å². The lowest BCUT2D eigenvalue weighted by Crippen LogP contribution is -2.38. The number of hydrogen-bond acceptors (Lipinski definition) is 4. The zero-order chi connectivity index (χ0) is 15.3. The average molecular weight is 311 g/mol. The number of para-hydroxylation sites is 1. The summed E-state index contributed by atoms with van der Waals surface area (Å²) in [4.78, 5) is 2.51. The predicted molar refractivity (Wildman–Crippen MR) is 86.2 cm³/mol. The van der Waals surface area contributed by atoms with Gasteiger partial charge in [0.25, 0.3) is 0 Å². The van der Waals surface area contributed by atoms with Gasteiger partial charge in [0.1, 0.15) is 4.90 Å². The summed E-state index contributed by atoms with van der Waals surface area (Å²) < 4.78 is 27.3. The first-order valence-electron chi connectivity index (χ1n) is 7.65. The first-order valence-corrected chi connectivity index (χ1v) is 9.13. The quantitative estimate of drug-likeness (QED) is 0.802. The van der Waals surface area contributed by atoms with E-state index in [1.165, 1.54) is 6.42 Å². The number of sulfonamides is 1. The number of anilines is 1. The largest absolute Gasteiger partial charge is 0.369 e. The second-order valence-electron chi connectivity index (χ2n) is 5.30. The van der Waals surface area contributed by atoms with Crippen LogP contribution in [-0.4, -0.2) is 40.6 Å². The fourth-order valence-electron chi connectivity index (χ4n) is 2.79. The molecule has 1 aromatic rings. The summed E-state index contributed by atoms with van der Waals surface area (Å²) in [5, 5.41) is 3.47. The number of likely N-dealkylation sites (N-methyl/N-ethyl adjacent to an activating group) is 1. The van der Waals surface area contributed by atoms with Crippen molar-refractivity contribution in [3.05, 3.63) is 24.3 Å². The van der Waals surface area contributed by atoms with Crippen LogP contribution in [0, 0.1) is 0 Å². The van der Waals surface area contributed by atoms with Gasteiger partial charge in [0.2, 0.25) is 10.0 Å². The summed E-state index contributed by atoms with van der Waals surface area (Å²) >= 11 is 0. The van der Waals surface area contributed by atoms with Crippen molar-refractivity contribution in [3.8, 4) is 0 Å². The van der Waals surface area contributed by atoms with Gasteiger partial charge in [0, 0.05) is 25.7 Å². The van der Waals surface area contributed by atoms with Crippen LogP contribution in [0.3, 0.4) is 0 Å². The van der Waals surface area contributed by atoms with Crippen molar-refractivity contribution >= 4 is 15.7 Å². The van der Waals surface area contributed by atoms with E-state index < -0.39 is 10.0 Å². The monoisotopic (exact) mass is 311 g/mol. The SMILES string of the molecule is CCNS(=O)(=O)c1ccccc1N(CC)CC1CCCN1. The zero-order valence-electron chi connectivity index (χ0n) is 12.8. The van der Waals surface area contributed by atoms with Crippen molar-refractivity contribution in [2.45, 2.75) is 37.6 Å². The molecular formula is C15H25N3O2S. The Kier molecular flexibility index (Phi) is 5.61. The minimum atomic E-state index is -3.44. The molecule has 1 heterocycles. The Bertz CT molecular complexity index is 554. The molecule has 2 rings (SSSR count). The lowest BCUT2D eigenvalue weighted by molar-refractivity contribution is 0.575. The summed E-state index contributed by atoms with van der Waals surface area (Å²) in [5.41, 5.74) is 0.787. The molecule has 0 saturated carbocycles. The van der Waals surface area contributed by atoms with Crippen LogP contribution in [0.4, 0.5) is 5.69 Å². The third-order valence-electron chi connectivity index (χ3n) is 3.81. The van der Waals surface area contributed by atoms with Crippen LogP contribution in [0.1, 0.15) is 26.7 Å². The first-order chi connectivity index (χ1) is 10.1. The standard InChI is InChI=1S/C15H25N3O2S/c1-3-17-21(19,20)15-10-6-5-9-14(15)18(4-2)12-13-8-7-11-16-13/h5-6,9-10,13,16-17H,3-4,7-8,11-12H2,1-2H3. The van der Waals surface area contributed by atoms with E-state index in [0.29, 0.717) is 17.5 Å². The highest BCUT2D eigenvalue weighted by Gasteiger charge is 2.23. The molecule has 1 atom stereocenters. The van der Waals surface area contributed by atoms with Crippen LogP contribution in [0.5, 0.6) is 0 Å². The van der Waals surface area contributed by atoms with E-state index in [4.69, 9.17) is 0 Å². The molecule has 0 amide bonds. The first kappa shape index (κ1) is 16.3. The number of rotatable bonds is 7. The third-order valence-corrected chi connectivity index (χ3v) is 5.41. The van der Waals surface area contributed by atoms with Gasteiger partial charge >= 0.3 is 0 Å². The Labute approximate surface area is 127 Å². The second-order valence-corrected chi connectivity index (χ2v) is 7.04. The lowest BCUT2D eigenvalue weighted by atomic mass is 10.2. The zero-order valence-corrected chi connectivity index (χ0v) is 13.6. The fourth-order valence-corrected chi connectivity index (χ4v) is 4.06. The minimum Gasteiger partial charge on any atom is -0.369 e. The van der Waals surface area contributed by atoms with E-state index in [1.807, 2.05) is 12.1 Å². The molecule has 2 N–H and O–H groups in total. The molecule has 0 aromatic heterocycles. The van der Waals surface area contributed by atoms with Gasteiger partial charge in [0.15, 0.2) is 0 Å². The van der Waals surface area contributed by atoms with E-state index >= 15 is 0 Å². The number of nitrogens with one attached hydrogen (secondary N) is 2. The molecule has 21 heavy (non-hydrogen) atoms. The van der Waals surface area contributed by atoms with Crippen LogP contribution >= 0.6 is 0 Å². The van der Waals surface area contributed by atoms with Crippen LogP contribution in [0.15, 0.2) is 29.2 Å². The maximum absolute atomic E-state index is 12.4. The second kappa shape index (κ2) is 7.24. The Hall–Kier alpha value is -1.11. The molecule has 0 aliphatic carbocycles. The predicted octanol–water partition coefficient (Wildman–Crippen LogP) is 1.56. The maximum atomic E-state index is 12.4. The number of hydrogen-bond donors (Lipinski definition) is 2. The van der Waals surface area contributed by atoms with Crippen molar-refractivity contribution in [1.82, 2.24) is 10.0 Å². The van der Waals surface area contributed by atoms with Gasteiger partial charge in [-0.2, -0.15) is 0 Å². The molecule has 1 unspecified atom stereocenters. The van der Waals surface area contributed by atoms with Gasteiger partial charge < -0.3 is 10.2 Å². The molecule has 5 nitrogen and oxygen atoms in total. The van der Waals surface area contributed by atoms with Crippen molar-refractivity contribution < 1.29 is 8.42 Å². The van der Waals surface area contributed by atoms with E-state index in [9.17, 15) is 8.42 Å². The lowest BCUT2D eigenvalue weighted by Gasteiger charge is -2.28. The molecule has 1 fully saturated rings. The average Bonchev–Trinajstić information content (AvgIpc) is 2.98. The summed E-state index contributed by atoms with van der Waals surface area (Å²) in [5.74, 6) is 0. The molecule has 1 saturated heterocycles. The molecule has 0 bridgehead atoms. The van der Waals surface area contributed by atoms with Crippen molar-refractivity contribution in [2.75, 3.05) is 31.1 Å². The highest BCUT2D eigenvalue weighted by molar-refractivity contribution is 7.89. The summed E-state index contributed by atoms with van der Waals surface area (Å²) in [6.45, 7) is 6.93. The summed E-state index contributed by atoms with van der Waals surface area (Å²) in [6.07, 6.45) is 2.35. The van der Waals surface area contributed by atoms with Crippen molar-refractivity contribution in [3.63, 3.8) is 0 Å². The van der Waals surface area contributed by atoms with Crippen LogP contribution < -0.4 is 14.9 Å². The van der Waals surface area contributed by atoms with E-state index in [0.717, 1.165) is 31.7 Å². The molecule has 0 radical (unpaired) electrons. The van der Waals surface area contributed by atoms with Gasteiger partial charge in [-0.3, -0.25) is 0 Å². The topological polar surface area (TPSA) is 61.4 Å². The normalized spacial score (nSPS) is 18.9. The van der Waals surface area contributed by atoms with Crippen LogP contribution in [-0.2, 0) is 10.0 Å². The van der Waals surface area contributed by atoms with Gasteiger partial charge in [-0.25, -0.2) is 13.1 Å². The molecule has 0 spiro atoms. The van der Waals surface area contributed by atoms with Crippen molar-refractivity contribution in [1.29, 1.82) is 0 Å². The van der Waals surface area contributed by atoms with Crippen molar-refractivity contribution in [2.24, 2.45) is 0 Å². The van der Waals surface area contributed by atoms with Gasteiger partial charge in [-0.1, -0.05) is 19.1 Å². The number of benzene rings is 1. The van der Waals surface area contributed by atoms with Gasteiger partial charge in [-0.15, -0.1) is 0 Å². The molecule has 1 aromatic carbocycles. The van der Waals surface area contributed by atoms with Crippen LogP contribution in [0.2, 0.25) is 0 Å². The van der Waals surface area contributed by atoms with Crippen LogP contribution in [0.25, 0.3) is 0 Å². The summed E-state index contributed by atoms with van der Waals surface area (Å²) in [6, 6.07) is 7.68. The Balaban J connectivity index is 2.28. The fraction of sp³-hybridized carbons (Fsp3) is 0.600. The Morgan fingerprint density at radius 3 is 2.71 bits per heavy atom. The Morgan fingerprint density at radius 1 is 1.33 bits per heavy atom. The van der Waals surface area contributed by atoms with E-state index in [1.54, 1.807) is 19.1 Å². The molecule has 1 aliphatic rings. The molecule has 118 valence electrons. The smallest absolute Gasteiger partial charge is 0.242 e. The van der Waals surface area contributed by atoms with E-state index in [2.05, 4.69) is 21.9 Å². The maximum Gasteiger partial charge on any atom is 0.242 e. The summed E-state index contributed by atoms with van der Waals surface area (Å²) in [7, 11) is -3.44.